The number of carbonyl (C=O) groups excluding carboxylic acids is 1. The van der Waals surface area contributed by atoms with Gasteiger partial charge in [-0.25, -0.2) is 4.98 Å². The summed E-state index contributed by atoms with van der Waals surface area (Å²) in [5.41, 5.74) is 3.29. The molecule has 28 heavy (non-hydrogen) atoms. The van der Waals surface area contributed by atoms with E-state index in [2.05, 4.69) is 25.4 Å². The molecule has 0 aliphatic carbocycles. The second kappa shape index (κ2) is 8.53. The lowest BCUT2D eigenvalue weighted by Gasteiger charge is -2.18. The molecule has 146 valence electrons. The van der Waals surface area contributed by atoms with Gasteiger partial charge in [-0.2, -0.15) is 5.10 Å². The van der Waals surface area contributed by atoms with Gasteiger partial charge in [-0.05, 0) is 24.1 Å². The number of benzene rings is 1. The highest BCUT2D eigenvalue weighted by Crippen LogP contribution is 2.23. The number of nitrogens with zero attached hydrogens (tertiary/aromatic N) is 3. The maximum absolute atomic E-state index is 12.5. The number of carbonyl (C=O) groups is 1. The van der Waals surface area contributed by atoms with E-state index in [1.54, 1.807) is 7.11 Å². The number of hydrogen-bond donors (Lipinski definition) is 2. The molecular weight excluding hydrogens is 374 g/mol. The number of fused-ring (bicyclic) bond motifs is 1. The summed E-state index contributed by atoms with van der Waals surface area (Å²) in [5, 5.41) is 10.4. The average molecular weight is 398 g/mol. The summed E-state index contributed by atoms with van der Waals surface area (Å²) in [4.78, 5) is 20.8. The second-order valence-electron chi connectivity index (χ2n) is 6.80. The summed E-state index contributed by atoms with van der Waals surface area (Å²) in [6.07, 6.45) is 5.60. The molecule has 1 aliphatic rings. The zero-order chi connectivity index (χ0) is 19.3. The standard InChI is InChI=1S/C20H23N5O2S/c1-27-16-4-2-14(3-5-16)10-21-19(26)20-24-17-6-8-25(9-7-18(17)28-20)13-15-11-22-23-12-15/h2-5,11-12H,6-10,13H2,1H3,(H,21,26)(H,22,23). The minimum absolute atomic E-state index is 0.107. The van der Waals surface area contributed by atoms with Crippen molar-refractivity contribution in [1.29, 1.82) is 0 Å². The topological polar surface area (TPSA) is 83.1 Å². The van der Waals surface area contributed by atoms with Gasteiger partial charge in [-0.3, -0.25) is 14.8 Å². The fraction of sp³-hybridized carbons (Fsp3) is 0.350. The van der Waals surface area contributed by atoms with Crippen LogP contribution in [0.3, 0.4) is 0 Å². The number of aromatic amines is 1. The van der Waals surface area contributed by atoms with Crippen LogP contribution in [0.4, 0.5) is 0 Å². The Balaban J connectivity index is 1.33. The number of thiazole rings is 1. The van der Waals surface area contributed by atoms with Crippen LogP contribution in [-0.2, 0) is 25.9 Å². The lowest BCUT2D eigenvalue weighted by Crippen LogP contribution is -2.26. The van der Waals surface area contributed by atoms with Crippen LogP contribution in [0.1, 0.15) is 31.5 Å². The lowest BCUT2D eigenvalue weighted by molar-refractivity contribution is 0.0950. The first-order valence-electron chi connectivity index (χ1n) is 9.31. The van der Waals surface area contributed by atoms with Gasteiger partial charge < -0.3 is 10.1 Å². The Morgan fingerprint density at radius 2 is 2.07 bits per heavy atom. The number of methoxy groups -OCH3 is 1. The minimum atomic E-state index is -0.107. The van der Waals surface area contributed by atoms with E-state index < -0.39 is 0 Å². The summed E-state index contributed by atoms with van der Waals surface area (Å²) >= 11 is 1.52. The van der Waals surface area contributed by atoms with E-state index in [0.717, 1.165) is 49.5 Å². The van der Waals surface area contributed by atoms with Crippen molar-refractivity contribution in [2.24, 2.45) is 0 Å². The maximum Gasteiger partial charge on any atom is 0.280 e. The van der Waals surface area contributed by atoms with Crippen molar-refractivity contribution >= 4 is 17.2 Å². The predicted octanol–water partition coefficient (Wildman–Crippen LogP) is 2.41. The zero-order valence-corrected chi connectivity index (χ0v) is 16.6. The molecular formula is C20H23N5O2S. The van der Waals surface area contributed by atoms with E-state index in [9.17, 15) is 4.79 Å². The van der Waals surface area contributed by atoms with E-state index in [1.165, 1.54) is 21.8 Å². The molecule has 0 bridgehead atoms. The van der Waals surface area contributed by atoms with E-state index >= 15 is 0 Å². The number of rotatable bonds is 6. The second-order valence-corrected chi connectivity index (χ2v) is 7.89. The average Bonchev–Trinajstić information content (AvgIpc) is 3.34. The third kappa shape index (κ3) is 4.40. The molecule has 0 spiro atoms. The van der Waals surface area contributed by atoms with E-state index in [4.69, 9.17) is 4.74 Å². The molecule has 1 aliphatic heterocycles. The van der Waals surface area contributed by atoms with Gasteiger partial charge in [0.25, 0.3) is 5.91 Å². The van der Waals surface area contributed by atoms with Crippen molar-refractivity contribution < 1.29 is 9.53 Å². The Hall–Kier alpha value is -2.71. The van der Waals surface area contributed by atoms with Gasteiger partial charge in [0.05, 0.1) is 19.0 Å². The summed E-state index contributed by atoms with van der Waals surface area (Å²) in [5.74, 6) is 0.699. The van der Waals surface area contributed by atoms with Crippen molar-refractivity contribution in [3.8, 4) is 5.75 Å². The Morgan fingerprint density at radius 3 is 2.82 bits per heavy atom. The number of aromatic nitrogens is 3. The van der Waals surface area contributed by atoms with Crippen LogP contribution < -0.4 is 10.1 Å². The number of nitrogens with one attached hydrogen (secondary N) is 2. The van der Waals surface area contributed by atoms with Crippen molar-refractivity contribution in [3.63, 3.8) is 0 Å². The first kappa shape index (κ1) is 18.6. The number of amides is 1. The highest BCUT2D eigenvalue weighted by atomic mass is 32.1. The Labute approximate surface area is 167 Å². The van der Waals surface area contributed by atoms with Crippen LogP contribution >= 0.6 is 11.3 Å². The molecule has 0 atom stereocenters. The SMILES string of the molecule is COc1ccc(CNC(=O)c2nc3c(s2)CCN(Cc2cn[nH]c2)CC3)cc1. The maximum atomic E-state index is 12.5. The number of H-pyrrole nitrogens is 1. The first-order valence-corrected chi connectivity index (χ1v) is 10.1. The van der Waals surface area contributed by atoms with Crippen LogP contribution in [0.5, 0.6) is 5.75 Å². The first-order chi connectivity index (χ1) is 13.7. The summed E-state index contributed by atoms with van der Waals surface area (Å²) < 4.78 is 5.15. The third-order valence-corrected chi connectivity index (χ3v) is 6.02. The zero-order valence-electron chi connectivity index (χ0n) is 15.8. The van der Waals surface area contributed by atoms with Crippen LogP contribution in [0.25, 0.3) is 0 Å². The molecule has 3 heterocycles. The fourth-order valence-electron chi connectivity index (χ4n) is 3.29. The highest BCUT2D eigenvalue weighted by molar-refractivity contribution is 7.13. The smallest absolute Gasteiger partial charge is 0.280 e. The highest BCUT2D eigenvalue weighted by Gasteiger charge is 2.21. The van der Waals surface area contributed by atoms with Crippen molar-refractivity contribution in [3.05, 3.63) is 63.4 Å². The van der Waals surface area contributed by atoms with Crippen LogP contribution in [0.15, 0.2) is 36.7 Å². The van der Waals surface area contributed by atoms with Crippen LogP contribution in [0, 0.1) is 0 Å². The molecule has 2 N–H and O–H groups in total. The monoisotopic (exact) mass is 397 g/mol. The number of hydrogen-bond acceptors (Lipinski definition) is 6. The number of ether oxygens (including phenoxy) is 1. The fourth-order valence-corrected chi connectivity index (χ4v) is 4.30. The van der Waals surface area contributed by atoms with Gasteiger partial charge in [0.15, 0.2) is 5.01 Å². The van der Waals surface area contributed by atoms with Crippen molar-refractivity contribution in [2.75, 3.05) is 20.2 Å². The molecule has 4 rings (SSSR count). The largest absolute Gasteiger partial charge is 0.497 e. The molecule has 2 aromatic heterocycles. The van der Waals surface area contributed by atoms with Gasteiger partial charge >= 0.3 is 0 Å². The molecule has 0 saturated carbocycles. The normalized spacial score (nSPS) is 14.3. The van der Waals surface area contributed by atoms with Crippen molar-refractivity contribution in [2.45, 2.75) is 25.9 Å². The van der Waals surface area contributed by atoms with Crippen LogP contribution in [0.2, 0.25) is 0 Å². The van der Waals surface area contributed by atoms with Gasteiger partial charge in [-0.15, -0.1) is 11.3 Å². The molecule has 0 fully saturated rings. The molecule has 0 radical (unpaired) electrons. The molecule has 0 saturated heterocycles. The van der Waals surface area contributed by atoms with Crippen molar-refractivity contribution in [1.82, 2.24) is 25.4 Å². The third-order valence-electron chi connectivity index (χ3n) is 4.87. The Morgan fingerprint density at radius 1 is 1.25 bits per heavy atom. The predicted molar refractivity (Wildman–Crippen MR) is 108 cm³/mol. The van der Waals surface area contributed by atoms with Crippen LogP contribution in [-0.4, -0.2) is 46.2 Å². The molecule has 8 heteroatoms. The summed E-state index contributed by atoms with van der Waals surface area (Å²) in [6.45, 7) is 3.27. The van der Waals surface area contributed by atoms with Gasteiger partial charge in [0.2, 0.25) is 0 Å². The van der Waals surface area contributed by atoms with Gasteiger partial charge in [0.1, 0.15) is 5.75 Å². The van der Waals surface area contributed by atoms with Gasteiger partial charge in [-0.1, -0.05) is 12.1 Å². The Bertz CT molecular complexity index is 895. The lowest BCUT2D eigenvalue weighted by atomic mass is 10.2. The molecule has 0 unspecified atom stereocenters. The molecule has 1 amide bonds. The molecule has 7 nitrogen and oxygen atoms in total. The quantitative estimate of drug-likeness (QED) is 0.667. The molecule has 1 aromatic carbocycles. The Kier molecular flexibility index (Phi) is 5.68. The van der Waals surface area contributed by atoms with E-state index in [-0.39, 0.29) is 5.91 Å². The minimum Gasteiger partial charge on any atom is -0.497 e. The molecule has 3 aromatic rings. The van der Waals surface area contributed by atoms with E-state index in [1.807, 2.05) is 36.7 Å². The summed E-state index contributed by atoms with van der Waals surface area (Å²) in [7, 11) is 1.64. The van der Waals surface area contributed by atoms with Gasteiger partial charge in [0, 0.05) is 49.2 Å². The summed E-state index contributed by atoms with van der Waals surface area (Å²) in [6, 6.07) is 7.68. The van der Waals surface area contributed by atoms with E-state index in [0.29, 0.717) is 11.6 Å².